The molecule has 1 heterocycles. The lowest BCUT2D eigenvalue weighted by Crippen LogP contribution is -2.18. The first-order valence-corrected chi connectivity index (χ1v) is 4.80. The van der Waals surface area contributed by atoms with Gasteiger partial charge in [0.05, 0.1) is 0 Å². The largest absolute Gasteiger partial charge is 0.477 e. The van der Waals surface area contributed by atoms with Crippen molar-refractivity contribution in [2.24, 2.45) is 0 Å². The van der Waals surface area contributed by atoms with E-state index in [-0.39, 0.29) is 5.56 Å². The smallest absolute Gasteiger partial charge is 0.341 e. The number of nitrogens with one attached hydrogen (secondary N) is 1. The van der Waals surface area contributed by atoms with Crippen LogP contribution in [0.2, 0.25) is 0 Å². The van der Waals surface area contributed by atoms with Crippen molar-refractivity contribution in [3.8, 4) is 11.1 Å². The molecule has 5 heteroatoms. The predicted molar refractivity (Wildman–Crippen MR) is 59.4 cm³/mol. The zero-order valence-corrected chi connectivity index (χ0v) is 8.61. The maximum absolute atomic E-state index is 13.1. The van der Waals surface area contributed by atoms with E-state index in [1.54, 1.807) is 6.07 Å². The van der Waals surface area contributed by atoms with Crippen LogP contribution in [0, 0.1) is 5.82 Å². The van der Waals surface area contributed by atoms with Crippen LogP contribution in [0.15, 0.2) is 41.3 Å². The fourth-order valence-corrected chi connectivity index (χ4v) is 1.59. The van der Waals surface area contributed by atoms with E-state index in [0.717, 1.165) is 0 Å². The predicted octanol–water partition coefficient (Wildman–Crippen LogP) is 1.88. The van der Waals surface area contributed by atoms with Gasteiger partial charge in [0.15, 0.2) is 0 Å². The Morgan fingerprint density at radius 1 is 1.29 bits per heavy atom. The molecule has 0 bridgehead atoms. The quantitative estimate of drug-likeness (QED) is 0.831. The monoisotopic (exact) mass is 233 g/mol. The standard InChI is InChI=1S/C12H8FNO3/c13-8-3-1-2-7(6-8)9-4-5-14-11(15)10(9)12(16)17/h1-6H,(H,14,15)(H,16,17). The van der Waals surface area contributed by atoms with Crippen molar-refractivity contribution in [3.63, 3.8) is 0 Å². The van der Waals surface area contributed by atoms with Gasteiger partial charge in [-0.1, -0.05) is 12.1 Å². The van der Waals surface area contributed by atoms with E-state index >= 15 is 0 Å². The second-order valence-electron chi connectivity index (χ2n) is 3.41. The van der Waals surface area contributed by atoms with Gasteiger partial charge in [-0.05, 0) is 23.8 Å². The van der Waals surface area contributed by atoms with Crippen molar-refractivity contribution in [2.45, 2.75) is 0 Å². The van der Waals surface area contributed by atoms with Gasteiger partial charge in [0.25, 0.3) is 5.56 Å². The maximum Gasteiger partial charge on any atom is 0.341 e. The number of aromatic carboxylic acids is 1. The first-order valence-electron chi connectivity index (χ1n) is 4.80. The molecule has 0 spiro atoms. The molecule has 0 saturated carbocycles. The molecule has 0 aliphatic heterocycles. The summed E-state index contributed by atoms with van der Waals surface area (Å²) in [6.45, 7) is 0. The highest BCUT2D eigenvalue weighted by molar-refractivity contribution is 5.95. The lowest BCUT2D eigenvalue weighted by Gasteiger charge is -2.04. The molecule has 0 radical (unpaired) electrons. The third kappa shape index (κ3) is 2.08. The second-order valence-corrected chi connectivity index (χ2v) is 3.41. The summed E-state index contributed by atoms with van der Waals surface area (Å²) in [5.74, 6) is -1.83. The SMILES string of the molecule is O=C(O)c1c(-c2cccc(F)c2)cc[nH]c1=O. The molecule has 2 N–H and O–H groups in total. The molecule has 0 amide bonds. The van der Waals surface area contributed by atoms with Crippen LogP contribution in [-0.2, 0) is 0 Å². The Balaban J connectivity index is 2.72. The fraction of sp³-hybridized carbons (Fsp3) is 0. The molecular weight excluding hydrogens is 225 g/mol. The average molecular weight is 233 g/mol. The number of carbonyl (C=O) groups is 1. The Morgan fingerprint density at radius 2 is 2.06 bits per heavy atom. The van der Waals surface area contributed by atoms with E-state index in [9.17, 15) is 14.0 Å². The minimum Gasteiger partial charge on any atom is -0.477 e. The first kappa shape index (κ1) is 11.1. The molecule has 2 aromatic rings. The van der Waals surface area contributed by atoms with Crippen molar-refractivity contribution in [1.82, 2.24) is 4.98 Å². The van der Waals surface area contributed by atoms with E-state index in [2.05, 4.69) is 4.98 Å². The molecule has 1 aromatic heterocycles. The lowest BCUT2D eigenvalue weighted by molar-refractivity contribution is 0.0696. The molecule has 0 fully saturated rings. The molecule has 0 aliphatic rings. The molecule has 0 aliphatic carbocycles. The number of hydrogen-bond donors (Lipinski definition) is 2. The van der Waals surface area contributed by atoms with Crippen LogP contribution >= 0.6 is 0 Å². The Hall–Kier alpha value is -2.43. The highest BCUT2D eigenvalue weighted by atomic mass is 19.1. The van der Waals surface area contributed by atoms with E-state index < -0.39 is 22.9 Å². The molecule has 0 saturated heterocycles. The number of hydrogen-bond acceptors (Lipinski definition) is 2. The average Bonchev–Trinajstić information content (AvgIpc) is 2.28. The molecule has 86 valence electrons. The Bertz CT molecular complexity index is 634. The van der Waals surface area contributed by atoms with E-state index in [4.69, 9.17) is 5.11 Å². The number of carboxylic acids is 1. The molecule has 17 heavy (non-hydrogen) atoms. The summed E-state index contributed by atoms with van der Waals surface area (Å²) in [7, 11) is 0. The number of benzene rings is 1. The van der Waals surface area contributed by atoms with E-state index in [1.807, 2.05) is 0 Å². The molecule has 1 aromatic carbocycles. The number of halogens is 1. The van der Waals surface area contributed by atoms with Crippen LogP contribution in [0.3, 0.4) is 0 Å². The maximum atomic E-state index is 13.1. The Morgan fingerprint density at radius 3 is 2.71 bits per heavy atom. The second kappa shape index (κ2) is 4.21. The highest BCUT2D eigenvalue weighted by Crippen LogP contribution is 2.21. The Labute approximate surface area is 95.4 Å². The minimum atomic E-state index is -1.34. The summed E-state index contributed by atoms with van der Waals surface area (Å²) in [6, 6.07) is 6.86. The van der Waals surface area contributed by atoms with Crippen molar-refractivity contribution < 1.29 is 14.3 Å². The molecule has 0 unspecified atom stereocenters. The summed E-state index contributed by atoms with van der Waals surface area (Å²) < 4.78 is 13.1. The first-order chi connectivity index (χ1) is 8.09. The van der Waals surface area contributed by atoms with Crippen LogP contribution < -0.4 is 5.56 Å². The fourth-order valence-electron chi connectivity index (χ4n) is 1.59. The van der Waals surface area contributed by atoms with Crippen LogP contribution in [0.5, 0.6) is 0 Å². The summed E-state index contributed by atoms with van der Waals surface area (Å²) in [5.41, 5.74) is -0.549. The van der Waals surface area contributed by atoms with Gasteiger partial charge in [0.1, 0.15) is 11.4 Å². The number of pyridine rings is 1. The summed E-state index contributed by atoms with van der Waals surface area (Å²) >= 11 is 0. The number of rotatable bonds is 2. The van der Waals surface area contributed by atoms with Gasteiger partial charge < -0.3 is 10.1 Å². The lowest BCUT2D eigenvalue weighted by atomic mass is 10.0. The Kier molecular flexibility index (Phi) is 2.74. The van der Waals surface area contributed by atoms with Crippen molar-refractivity contribution in [3.05, 3.63) is 58.3 Å². The van der Waals surface area contributed by atoms with Crippen LogP contribution in [-0.4, -0.2) is 16.1 Å². The number of aromatic nitrogens is 1. The molecule has 2 rings (SSSR count). The number of H-pyrrole nitrogens is 1. The topological polar surface area (TPSA) is 70.2 Å². The van der Waals surface area contributed by atoms with Gasteiger partial charge in [0, 0.05) is 11.8 Å². The van der Waals surface area contributed by atoms with Crippen LogP contribution in [0.25, 0.3) is 11.1 Å². The van der Waals surface area contributed by atoms with Gasteiger partial charge in [-0.2, -0.15) is 0 Å². The number of aromatic amines is 1. The van der Waals surface area contributed by atoms with Gasteiger partial charge in [-0.15, -0.1) is 0 Å². The zero-order chi connectivity index (χ0) is 12.4. The summed E-state index contributed by atoms with van der Waals surface area (Å²) in [4.78, 5) is 24.7. The van der Waals surface area contributed by atoms with Gasteiger partial charge in [-0.3, -0.25) is 4.79 Å². The van der Waals surface area contributed by atoms with Crippen LogP contribution in [0.4, 0.5) is 4.39 Å². The summed E-state index contributed by atoms with van der Waals surface area (Å²) in [6.07, 6.45) is 1.33. The van der Waals surface area contributed by atoms with Gasteiger partial charge in [0.2, 0.25) is 0 Å². The van der Waals surface area contributed by atoms with Crippen LogP contribution in [0.1, 0.15) is 10.4 Å². The van der Waals surface area contributed by atoms with Crippen molar-refractivity contribution in [2.75, 3.05) is 0 Å². The zero-order valence-electron chi connectivity index (χ0n) is 8.61. The van der Waals surface area contributed by atoms with E-state index in [0.29, 0.717) is 5.56 Å². The molecule has 0 atom stereocenters. The van der Waals surface area contributed by atoms with E-state index in [1.165, 1.54) is 30.5 Å². The highest BCUT2D eigenvalue weighted by Gasteiger charge is 2.15. The van der Waals surface area contributed by atoms with Gasteiger partial charge in [-0.25, -0.2) is 9.18 Å². The molecular formula is C12H8FNO3. The minimum absolute atomic E-state index is 0.195. The van der Waals surface area contributed by atoms with Crippen molar-refractivity contribution in [1.29, 1.82) is 0 Å². The summed E-state index contributed by atoms with van der Waals surface area (Å²) in [5, 5.41) is 8.96. The normalized spacial score (nSPS) is 10.2. The van der Waals surface area contributed by atoms with Crippen molar-refractivity contribution >= 4 is 5.97 Å². The van der Waals surface area contributed by atoms with Gasteiger partial charge >= 0.3 is 5.97 Å². The third-order valence-electron chi connectivity index (χ3n) is 2.31. The third-order valence-corrected chi connectivity index (χ3v) is 2.31. The number of carboxylic acid groups (broad SMARTS) is 1. The molecule has 4 nitrogen and oxygen atoms in total.